The van der Waals surface area contributed by atoms with E-state index in [1.54, 1.807) is 0 Å². The van der Waals surface area contributed by atoms with Crippen molar-refractivity contribution >= 4 is 22.4 Å². The van der Waals surface area contributed by atoms with Crippen LogP contribution >= 0.6 is 11.3 Å². The molecule has 2 heterocycles. The average molecular weight is 333 g/mol. The van der Waals surface area contributed by atoms with Crippen molar-refractivity contribution in [2.75, 3.05) is 31.6 Å². The van der Waals surface area contributed by atoms with Crippen molar-refractivity contribution in [2.24, 2.45) is 0 Å². The van der Waals surface area contributed by atoms with Crippen molar-refractivity contribution in [3.63, 3.8) is 0 Å². The minimum atomic E-state index is -0.144. The summed E-state index contributed by atoms with van der Waals surface area (Å²) in [6.45, 7) is 6.73. The van der Waals surface area contributed by atoms with Crippen molar-refractivity contribution in [1.29, 1.82) is 0 Å². The van der Waals surface area contributed by atoms with Crippen molar-refractivity contribution < 1.29 is 14.4 Å². The van der Waals surface area contributed by atoms with E-state index in [4.69, 9.17) is 4.74 Å². The summed E-state index contributed by atoms with van der Waals surface area (Å²) in [4.78, 5) is 13.7. The number of nitrogens with one attached hydrogen (secondary N) is 2. The average Bonchev–Trinajstić information content (AvgIpc) is 3.04. The molecule has 0 radical (unpaired) electrons. The lowest BCUT2D eigenvalue weighted by Gasteiger charge is -2.23. The molecule has 0 saturated carbocycles. The lowest BCUT2D eigenvalue weighted by Crippen LogP contribution is -3.12. The highest BCUT2D eigenvalue weighted by Gasteiger charge is 2.15. The van der Waals surface area contributed by atoms with Crippen LogP contribution in [0.3, 0.4) is 0 Å². The molecule has 2 N–H and O–H groups in total. The lowest BCUT2D eigenvalue weighted by atomic mass is 10.1. The van der Waals surface area contributed by atoms with Gasteiger partial charge >= 0.3 is 0 Å². The molecule has 1 fully saturated rings. The molecular weight excluding hydrogens is 312 g/mol. The maximum Gasteiger partial charge on any atom is 0.257 e. The molecule has 0 atom stereocenters. The zero-order valence-corrected chi connectivity index (χ0v) is 14.0. The van der Waals surface area contributed by atoms with Crippen LogP contribution in [0.15, 0.2) is 24.3 Å². The number of hydrogen-bond donors (Lipinski definition) is 2. The highest BCUT2D eigenvalue weighted by Crippen LogP contribution is 2.16. The van der Waals surface area contributed by atoms with Crippen LogP contribution in [0.2, 0.25) is 0 Å². The third-order valence-electron chi connectivity index (χ3n) is 3.86. The lowest BCUT2D eigenvalue weighted by molar-refractivity contribution is -0.921. The maximum absolute atomic E-state index is 12.2. The number of aryl methyl sites for hydroxylation is 1. The third kappa shape index (κ3) is 4.34. The Labute approximate surface area is 139 Å². The number of rotatable bonds is 5. The highest BCUT2D eigenvalue weighted by atomic mass is 32.1. The SMILES string of the molecule is CCc1nnc(NC(=O)c2ccc(C[NH+]3CCOCC3)cc2)s1. The van der Waals surface area contributed by atoms with Gasteiger partial charge in [-0.3, -0.25) is 10.1 Å². The Bertz CT molecular complexity index is 650. The minimum Gasteiger partial charge on any atom is -0.370 e. The number of aromatic nitrogens is 2. The van der Waals surface area contributed by atoms with E-state index in [9.17, 15) is 4.79 Å². The van der Waals surface area contributed by atoms with Crippen LogP contribution in [-0.2, 0) is 17.7 Å². The Morgan fingerprint density at radius 2 is 2.00 bits per heavy atom. The highest BCUT2D eigenvalue weighted by molar-refractivity contribution is 7.15. The van der Waals surface area contributed by atoms with Gasteiger partial charge in [-0.05, 0) is 18.6 Å². The van der Waals surface area contributed by atoms with Crippen LogP contribution in [-0.4, -0.2) is 42.4 Å². The van der Waals surface area contributed by atoms with Crippen LogP contribution in [0.25, 0.3) is 0 Å². The summed E-state index contributed by atoms with van der Waals surface area (Å²) in [7, 11) is 0. The number of amides is 1. The minimum absolute atomic E-state index is 0.144. The number of carbonyl (C=O) groups is 1. The molecule has 2 aromatic rings. The summed E-state index contributed by atoms with van der Waals surface area (Å²) in [5.41, 5.74) is 1.88. The van der Waals surface area contributed by atoms with Gasteiger partial charge in [0.1, 0.15) is 24.6 Å². The van der Waals surface area contributed by atoms with Crippen LogP contribution < -0.4 is 10.2 Å². The number of anilines is 1. The fourth-order valence-electron chi connectivity index (χ4n) is 2.52. The summed E-state index contributed by atoms with van der Waals surface area (Å²) in [5.74, 6) is -0.144. The molecule has 0 spiro atoms. The molecular formula is C16H21N4O2S+. The molecule has 1 aliphatic heterocycles. The van der Waals surface area contributed by atoms with Gasteiger partial charge in [0.15, 0.2) is 0 Å². The number of benzene rings is 1. The molecule has 1 aromatic heterocycles. The predicted octanol–water partition coefficient (Wildman–Crippen LogP) is 0.768. The van der Waals surface area contributed by atoms with E-state index in [2.05, 4.69) is 15.5 Å². The zero-order valence-electron chi connectivity index (χ0n) is 13.2. The van der Waals surface area contributed by atoms with Crippen molar-refractivity contribution in [3.05, 3.63) is 40.4 Å². The number of hydrogen-bond acceptors (Lipinski definition) is 5. The number of morpholine rings is 1. The van der Waals surface area contributed by atoms with Gasteiger partial charge in [-0.15, -0.1) is 10.2 Å². The van der Waals surface area contributed by atoms with Gasteiger partial charge in [-0.2, -0.15) is 0 Å². The first-order chi connectivity index (χ1) is 11.2. The summed E-state index contributed by atoms with van der Waals surface area (Å²) >= 11 is 1.41. The topological polar surface area (TPSA) is 68.5 Å². The van der Waals surface area contributed by atoms with E-state index in [-0.39, 0.29) is 5.91 Å². The Hall–Kier alpha value is -1.83. The molecule has 1 aliphatic rings. The summed E-state index contributed by atoms with van der Waals surface area (Å²) in [6.07, 6.45) is 0.826. The van der Waals surface area contributed by atoms with E-state index < -0.39 is 0 Å². The standard InChI is InChI=1S/C16H20N4O2S/c1-2-14-18-19-16(23-14)17-15(21)13-5-3-12(4-6-13)11-20-7-9-22-10-8-20/h3-6H,2,7-11H2,1H3,(H,17,19,21)/p+1. The van der Waals surface area contributed by atoms with E-state index in [1.807, 2.05) is 31.2 Å². The van der Waals surface area contributed by atoms with Crippen LogP contribution in [0.4, 0.5) is 5.13 Å². The second kappa shape index (κ2) is 7.63. The van der Waals surface area contributed by atoms with Gasteiger partial charge in [0.05, 0.1) is 13.2 Å². The monoisotopic (exact) mass is 333 g/mol. The maximum atomic E-state index is 12.2. The van der Waals surface area contributed by atoms with Crippen molar-refractivity contribution in [1.82, 2.24) is 10.2 Å². The Morgan fingerprint density at radius 1 is 1.26 bits per heavy atom. The third-order valence-corrected chi connectivity index (χ3v) is 4.84. The summed E-state index contributed by atoms with van der Waals surface area (Å²) in [5, 5.41) is 12.2. The Balaban J connectivity index is 1.58. The van der Waals surface area contributed by atoms with E-state index in [0.29, 0.717) is 10.7 Å². The molecule has 0 unspecified atom stereocenters. The van der Waals surface area contributed by atoms with Gasteiger partial charge in [0, 0.05) is 11.1 Å². The zero-order chi connectivity index (χ0) is 16.1. The van der Waals surface area contributed by atoms with Gasteiger partial charge in [0.2, 0.25) is 5.13 Å². The molecule has 1 aromatic carbocycles. The number of quaternary nitrogens is 1. The first kappa shape index (κ1) is 16.0. The largest absolute Gasteiger partial charge is 0.370 e. The van der Waals surface area contributed by atoms with Gasteiger partial charge < -0.3 is 9.64 Å². The van der Waals surface area contributed by atoms with Gasteiger partial charge in [-0.25, -0.2) is 0 Å². The van der Waals surface area contributed by atoms with Gasteiger partial charge in [0.25, 0.3) is 5.91 Å². The molecule has 1 amide bonds. The van der Waals surface area contributed by atoms with Crippen LogP contribution in [0.1, 0.15) is 27.9 Å². The van der Waals surface area contributed by atoms with Crippen LogP contribution in [0.5, 0.6) is 0 Å². The van der Waals surface area contributed by atoms with E-state index in [0.717, 1.165) is 44.3 Å². The predicted molar refractivity (Wildman–Crippen MR) is 88.9 cm³/mol. The summed E-state index contributed by atoms with van der Waals surface area (Å²) < 4.78 is 5.37. The molecule has 3 rings (SSSR count). The first-order valence-electron chi connectivity index (χ1n) is 7.88. The van der Waals surface area contributed by atoms with Crippen molar-refractivity contribution in [2.45, 2.75) is 19.9 Å². The smallest absolute Gasteiger partial charge is 0.257 e. The molecule has 0 bridgehead atoms. The fourth-order valence-corrected chi connectivity index (χ4v) is 3.19. The van der Waals surface area contributed by atoms with Crippen LogP contribution in [0, 0.1) is 0 Å². The van der Waals surface area contributed by atoms with Gasteiger partial charge in [-0.1, -0.05) is 30.4 Å². The summed E-state index contributed by atoms with van der Waals surface area (Å²) in [6, 6.07) is 7.78. The number of carbonyl (C=O) groups excluding carboxylic acids is 1. The van der Waals surface area contributed by atoms with E-state index >= 15 is 0 Å². The normalized spacial score (nSPS) is 15.5. The number of ether oxygens (including phenoxy) is 1. The Kier molecular flexibility index (Phi) is 5.32. The molecule has 0 aliphatic carbocycles. The second-order valence-corrected chi connectivity index (χ2v) is 6.61. The van der Waals surface area contributed by atoms with Crippen molar-refractivity contribution in [3.8, 4) is 0 Å². The second-order valence-electron chi connectivity index (χ2n) is 5.54. The molecule has 6 nitrogen and oxygen atoms in total. The van der Waals surface area contributed by atoms with E-state index in [1.165, 1.54) is 21.8 Å². The molecule has 7 heteroatoms. The molecule has 23 heavy (non-hydrogen) atoms. The molecule has 1 saturated heterocycles. The number of nitrogens with zero attached hydrogens (tertiary/aromatic N) is 2. The quantitative estimate of drug-likeness (QED) is 0.848. The Morgan fingerprint density at radius 3 is 2.65 bits per heavy atom. The fraction of sp³-hybridized carbons (Fsp3) is 0.438. The molecule has 122 valence electrons. The first-order valence-corrected chi connectivity index (χ1v) is 8.70.